The quantitative estimate of drug-likeness (QED) is 0.730. The third-order valence-electron chi connectivity index (χ3n) is 2.40. The summed E-state index contributed by atoms with van der Waals surface area (Å²) < 4.78 is 13.5. The lowest BCUT2D eigenvalue weighted by molar-refractivity contribution is -0.119. The average molecular weight is 332 g/mol. The Morgan fingerprint density at radius 1 is 1.42 bits per heavy atom. The van der Waals surface area contributed by atoms with E-state index in [0.29, 0.717) is 0 Å². The Bertz CT molecular complexity index is 532. The van der Waals surface area contributed by atoms with E-state index >= 15 is 0 Å². The van der Waals surface area contributed by atoms with Crippen molar-refractivity contribution in [1.82, 2.24) is 5.32 Å². The molecule has 0 atom stereocenters. The molecule has 0 saturated carbocycles. The molecule has 1 aromatic carbocycles. The van der Waals surface area contributed by atoms with Crippen LogP contribution in [0.4, 0.5) is 10.1 Å². The van der Waals surface area contributed by atoms with Crippen LogP contribution < -0.4 is 16.8 Å². The average Bonchev–Trinajstić information content (AvgIpc) is 2.20. The van der Waals surface area contributed by atoms with Crippen LogP contribution in [0.25, 0.3) is 0 Å². The van der Waals surface area contributed by atoms with Crippen LogP contribution in [0.15, 0.2) is 16.6 Å². The number of carbonyl (C=O) groups is 2. The minimum absolute atomic E-state index is 0.00691. The summed E-state index contributed by atoms with van der Waals surface area (Å²) in [6.45, 7) is 3.33. The molecule has 104 valence electrons. The van der Waals surface area contributed by atoms with E-state index in [2.05, 4.69) is 21.2 Å². The molecule has 0 bridgehead atoms. The van der Waals surface area contributed by atoms with Gasteiger partial charge in [-0.25, -0.2) is 4.39 Å². The van der Waals surface area contributed by atoms with E-state index in [1.165, 1.54) is 6.07 Å². The van der Waals surface area contributed by atoms with E-state index in [-0.39, 0.29) is 22.1 Å². The largest absolute Gasteiger partial charge is 0.396 e. The molecule has 0 aliphatic rings. The van der Waals surface area contributed by atoms with Gasteiger partial charge in [0.2, 0.25) is 5.91 Å². The van der Waals surface area contributed by atoms with Crippen LogP contribution in [0.1, 0.15) is 30.6 Å². The highest BCUT2D eigenvalue weighted by Crippen LogP contribution is 2.23. The zero-order valence-electron chi connectivity index (χ0n) is 10.6. The number of nitrogen functional groups attached to an aromatic ring is 1. The van der Waals surface area contributed by atoms with Gasteiger partial charge < -0.3 is 16.8 Å². The number of hydrogen-bond acceptors (Lipinski definition) is 3. The van der Waals surface area contributed by atoms with Crippen molar-refractivity contribution in [2.24, 2.45) is 5.73 Å². The van der Waals surface area contributed by atoms with Crippen molar-refractivity contribution in [3.05, 3.63) is 28.0 Å². The molecular formula is C12H15BrFN3O2. The van der Waals surface area contributed by atoms with Gasteiger partial charge in [0.1, 0.15) is 5.82 Å². The van der Waals surface area contributed by atoms with Crippen molar-refractivity contribution in [3.63, 3.8) is 0 Å². The highest BCUT2D eigenvalue weighted by Gasteiger charge is 2.24. The standard InChI is InChI=1S/C12H15BrFN3O2/c1-12(2,5-10(16)18)17-11(19)6-3-9(15)8(14)4-7(6)13/h3-4H,5,15H2,1-2H3,(H2,16,18)(H,17,19). The topological polar surface area (TPSA) is 98.2 Å². The van der Waals surface area contributed by atoms with Crippen LogP contribution in [0.5, 0.6) is 0 Å². The summed E-state index contributed by atoms with van der Waals surface area (Å²) in [4.78, 5) is 22.9. The van der Waals surface area contributed by atoms with Crippen LogP contribution in [-0.2, 0) is 4.79 Å². The molecule has 0 fully saturated rings. The highest BCUT2D eigenvalue weighted by molar-refractivity contribution is 9.10. The number of rotatable bonds is 4. The van der Waals surface area contributed by atoms with Gasteiger partial charge in [-0.2, -0.15) is 0 Å². The second-order valence-electron chi connectivity index (χ2n) is 4.83. The fraction of sp³-hybridized carbons (Fsp3) is 0.333. The predicted molar refractivity (Wildman–Crippen MR) is 73.9 cm³/mol. The molecular weight excluding hydrogens is 317 g/mol. The first kappa shape index (κ1) is 15.4. The summed E-state index contributed by atoms with van der Waals surface area (Å²) in [5.74, 6) is -1.60. The van der Waals surface area contributed by atoms with Crippen molar-refractivity contribution in [2.45, 2.75) is 25.8 Å². The maximum atomic E-state index is 13.2. The molecule has 2 amide bonds. The maximum absolute atomic E-state index is 13.2. The van der Waals surface area contributed by atoms with Crippen LogP contribution in [0.2, 0.25) is 0 Å². The van der Waals surface area contributed by atoms with Crippen molar-refractivity contribution in [1.29, 1.82) is 0 Å². The third-order valence-corrected chi connectivity index (χ3v) is 3.06. The van der Waals surface area contributed by atoms with Gasteiger partial charge in [-0.05, 0) is 41.9 Å². The SMILES string of the molecule is CC(C)(CC(N)=O)NC(=O)c1cc(N)c(F)cc1Br. The van der Waals surface area contributed by atoms with Gasteiger partial charge in [0.05, 0.1) is 11.3 Å². The van der Waals surface area contributed by atoms with Crippen molar-refractivity contribution >= 4 is 33.4 Å². The summed E-state index contributed by atoms with van der Waals surface area (Å²) in [5.41, 5.74) is 9.79. The molecule has 5 N–H and O–H groups in total. The number of nitrogens with one attached hydrogen (secondary N) is 1. The Morgan fingerprint density at radius 2 is 2.00 bits per heavy atom. The maximum Gasteiger partial charge on any atom is 0.252 e. The van der Waals surface area contributed by atoms with Gasteiger partial charge in [0, 0.05) is 16.4 Å². The Labute approximate surface area is 118 Å². The van der Waals surface area contributed by atoms with Crippen LogP contribution in [-0.4, -0.2) is 17.4 Å². The monoisotopic (exact) mass is 331 g/mol. The van der Waals surface area contributed by atoms with Crippen molar-refractivity contribution < 1.29 is 14.0 Å². The van der Waals surface area contributed by atoms with Gasteiger partial charge in [0.15, 0.2) is 0 Å². The van der Waals surface area contributed by atoms with Crippen molar-refractivity contribution in [2.75, 3.05) is 5.73 Å². The molecule has 0 aliphatic heterocycles. The van der Waals surface area contributed by atoms with E-state index in [9.17, 15) is 14.0 Å². The molecule has 0 radical (unpaired) electrons. The second kappa shape index (κ2) is 5.56. The molecule has 5 nitrogen and oxygen atoms in total. The lowest BCUT2D eigenvalue weighted by atomic mass is 9.99. The number of amides is 2. The number of primary amides is 1. The lowest BCUT2D eigenvalue weighted by Crippen LogP contribution is -2.46. The van der Waals surface area contributed by atoms with Crippen molar-refractivity contribution in [3.8, 4) is 0 Å². The number of benzene rings is 1. The number of carbonyl (C=O) groups excluding carboxylic acids is 2. The molecule has 19 heavy (non-hydrogen) atoms. The van der Waals surface area contributed by atoms with E-state index < -0.39 is 23.2 Å². The Kier molecular flexibility index (Phi) is 4.52. The van der Waals surface area contributed by atoms with Crippen LogP contribution >= 0.6 is 15.9 Å². The van der Waals surface area contributed by atoms with Gasteiger partial charge in [0.25, 0.3) is 5.91 Å². The predicted octanol–water partition coefficient (Wildman–Crippen LogP) is 1.55. The number of halogens is 2. The number of anilines is 1. The summed E-state index contributed by atoms with van der Waals surface area (Å²) in [5, 5.41) is 2.64. The Balaban J connectivity index is 2.96. The van der Waals surface area contributed by atoms with Gasteiger partial charge in [-0.15, -0.1) is 0 Å². The molecule has 0 spiro atoms. The molecule has 0 unspecified atom stereocenters. The smallest absolute Gasteiger partial charge is 0.252 e. The van der Waals surface area contributed by atoms with E-state index in [1.54, 1.807) is 13.8 Å². The first-order chi connectivity index (χ1) is 8.62. The Hall–Kier alpha value is -1.63. The van der Waals surface area contributed by atoms with Gasteiger partial charge >= 0.3 is 0 Å². The van der Waals surface area contributed by atoms with E-state index in [1.807, 2.05) is 0 Å². The molecule has 1 aromatic rings. The highest BCUT2D eigenvalue weighted by atomic mass is 79.9. The normalized spacial score (nSPS) is 11.2. The second-order valence-corrected chi connectivity index (χ2v) is 5.69. The first-order valence-electron chi connectivity index (χ1n) is 5.48. The zero-order chi connectivity index (χ0) is 14.8. The van der Waals surface area contributed by atoms with Crippen LogP contribution in [0, 0.1) is 5.82 Å². The molecule has 7 heteroatoms. The number of nitrogens with two attached hydrogens (primary N) is 2. The molecule has 0 saturated heterocycles. The molecule has 0 heterocycles. The molecule has 1 rings (SSSR count). The Morgan fingerprint density at radius 3 is 2.53 bits per heavy atom. The number of hydrogen-bond donors (Lipinski definition) is 3. The minimum atomic E-state index is -0.800. The molecule has 0 aliphatic carbocycles. The first-order valence-corrected chi connectivity index (χ1v) is 6.27. The summed E-state index contributed by atoms with van der Waals surface area (Å²) >= 11 is 3.09. The van der Waals surface area contributed by atoms with Gasteiger partial charge in [-0.1, -0.05) is 0 Å². The summed E-state index contributed by atoms with van der Waals surface area (Å²) in [7, 11) is 0. The summed E-state index contributed by atoms with van der Waals surface area (Å²) in [6, 6.07) is 2.35. The fourth-order valence-electron chi connectivity index (χ4n) is 1.59. The van der Waals surface area contributed by atoms with Gasteiger partial charge in [-0.3, -0.25) is 9.59 Å². The van der Waals surface area contributed by atoms with E-state index in [4.69, 9.17) is 11.5 Å². The molecule has 0 aromatic heterocycles. The van der Waals surface area contributed by atoms with E-state index in [0.717, 1.165) is 6.07 Å². The third kappa shape index (κ3) is 4.20. The zero-order valence-corrected chi connectivity index (χ0v) is 12.2. The lowest BCUT2D eigenvalue weighted by Gasteiger charge is -2.25. The van der Waals surface area contributed by atoms with Crippen LogP contribution in [0.3, 0.4) is 0 Å². The fourth-order valence-corrected chi connectivity index (χ4v) is 2.09. The minimum Gasteiger partial charge on any atom is -0.396 e. The summed E-state index contributed by atoms with van der Waals surface area (Å²) in [6.07, 6.45) is -0.00691.